The normalized spacial score (nSPS) is 19.9. The number of carbonyl (C=O) groups excluding carboxylic acids is 1. The topological polar surface area (TPSA) is 105 Å². The van der Waals surface area contributed by atoms with Crippen LogP contribution < -0.4 is 0 Å². The van der Waals surface area contributed by atoms with Gasteiger partial charge in [-0.25, -0.2) is 9.37 Å². The smallest absolute Gasteiger partial charge is 0.247 e. The number of halogens is 2. The maximum atomic E-state index is 15.2. The van der Waals surface area contributed by atoms with E-state index in [-0.39, 0.29) is 28.6 Å². The number of hydrogen-bond donors (Lipinski definition) is 1. The summed E-state index contributed by atoms with van der Waals surface area (Å²) in [4.78, 5) is 27.1. The Morgan fingerprint density at radius 3 is 2.79 bits per heavy atom. The number of benzene rings is 1. The number of imidazole rings is 1. The second-order valence-corrected chi connectivity index (χ2v) is 8.70. The Morgan fingerprint density at radius 1 is 1.15 bits per heavy atom. The van der Waals surface area contributed by atoms with Gasteiger partial charge in [0.2, 0.25) is 5.91 Å². The fourth-order valence-electron chi connectivity index (χ4n) is 4.89. The van der Waals surface area contributed by atoms with E-state index in [0.29, 0.717) is 17.7 Å². The monoisotopic (exact) mass is 476 g/mol. The molecular weight excluding hydrogens is 459 g/mol. The predicted molar refractivity (Wildman–Crippen MR) is 121 cm³/mol. The lowest BCUT2D eigenvalue weighted by atomic mass is 9.92. The Hall–Kier alpha value is -3.92. The molecule has 9 nitrogen and oxygen atoms in total. The molecule has 2 aliphatic rings. The third-order valence-corrected chi connectivity index (χ3v) is 6.69. The minimum Gasteiger partial charge on any atom is -0.340 e. The van der Waals surface area contributed by atoms with Gasteiger partial charge in [0.25, 0.3) is 0 Å². The lowest BCUT2D eigenvalue weighted by Gasteiger charge is -2.33. The van der Waals surface area contributed by atoms with Gasteiger partial charge in [-0.3, -0.25) is 9.78 Å². The van der Waals surface area contributed by atoms with Crippen LogP contribution >= 0.6 is 11.6 Å². The van der Waals surface area contributed by atoms with Crippen molar-refractivity contribution in [1.82, 2.24) is 40.1 Å². The summed E-state index contributed by atoms with van der Waals surface area (Å²) in [6.07, 6.45) is 10.1. The van der Waals surface area contributed by atoms with E-state index in [2.05, 4.69) is 30.5 Å². The van der Waals surface area contributed by atoms with Crippen LogP contribution in [0.15, 0.2) is 55.3 Å². The van der Waals surface area contributed by atoms with Crippen molar-refractivity contribution in [2.24, 2.45) is 0 Å². The lowest BCUT2D eigenvalue weighted by Crippen LogP contribution is -2.39. The molecule has 170 valence electrons. The van der Waals surface area contributed by atoms with E-state index in [9.17, 15) is 4.79 Å². The molecule has 5 heterocycles. The number of fused-ring (bicyclic) bond motifs is 1. The van der Waals surface area contributed by atoms with Crippen molar-refractivity contribution in [3.63, 3.8) is 0 Å². The molecule has 1 saturated heterocycles. The molecule has 1 amide bonds. The van der Waals surface area contributed by atoms with E-state index in [0.717, 1.165) is 29.9 Å². The molecule has 0 spiro atoms. The van der Waals surface area contributed by atoms with E-state index in [4.69, 9.17) is 11.6 Å². The van der Waals surface area contributed by atoms with Crippen molar-refractivity contribution in [2.45, 2.75) is 31.3 Å². The number of amides is 1. The van der Waals surface area contributed by atoms with E-state index in [1.54, 1.807) is 24.7 Å². The van der Waals surface area contributed by atoms with Gasteiger partial charge in [0.15, 0.2) is 5.82 Å². The van der Waals surface area contributed by atoms with Crippen molar-refractivity contribution < 1.29 is 9.18 Å². The molecule has 0 bridgehead atoms. The van der Waals surface area contributed by atoms with Crippen molar-refractivity contribution >= 4 is 23.1 Å². The number of tetrazole rings is 1. The Bertz CT molecular complexity index is 1400. The summed E-state index contributed by atoms with van der Waals surface area (Å²) in [7, 11) is 0. The molecule has 6 rings (SSSR count). The van der Waals surface area contributed by atoms with Crippen LogP contribution in [-0.4, -0.2) is 52.0 Å². The summed E-state index contributed by atoms with van der Waals surface area (Å²) in [5, 5.41) is 11.1. The Labute approximate surface area is 198 Å². The fraction of sp³-hybridized carbons (Fsp3) is 0.217. The summed E-state index contributed by atoms with van der Waals surface area (Å²) in [6, 6.07) is 6.66. The summed E-state index contributed by atoms with van der Waals surface area (Å²) < 4.78 is 16.6. The summed E-state index contributed by atoms with van der Waals surface area (Å²) in [6.45, 7) is 0. The molecule has 2 aliphatic heterocycles. The average Bonchev–Trinajstić information content (AvgIpc) is 3.62. The second kappa shape index (κ2) is 8.14. The zero-order chi connectivity index (χ0) is 23.2. The number of rotatable bonds is 4. The molecule has 0 aliphatic carbocycles. The first-order valence-corrected chi connectivity index (χ1v) is 11.2. The highest BCUT2D eigenvalue weighted by Gasteiger charge is 2.42. The van der Waals surface area contributed by atoms with E-state index >= 15 is 4.39 Å². The number of H-pyrrole nitrogens is 1. The predicted octanol–water partition coefficient (Wildman–Crippen LogP) is 3.76. The first-order chi connectivity index (χ1) is 16.6. The van der Waals surface area contributed by atoms with Crippen LogP contribution in [0.3, 0.4) is 0 Å². The number of nitrogens with zero attached hydrogens (tertiary/aromatic N) is 7. The van der Waals surface area contributed by atoms with E-state index in [1.807, 2.05) is 17.0 Å². The minimum absolute atomic E-state index is 0.0221. The molecule has 0 radical (unpaired) electrons. The zero-order valence-electron chi connectivity index (χ0n) is 17.8. The van der Waals surface area contributed by atoms with E-state index < -0.39 is 5.82 Å². The second-order valence-electron chi connectivity index (χ2n) is 8.29. The maximum Gasteiger partial charge on any atom is 0.247 e. The Balaban J connectivity index is 1.34. The summed E-state index contributed by atoms with van der Waals surface area (Å²) in [5.41, 5.74) is 3.10. The summed E-state index contributed by atoms with van der Waals surface area (Å²) in [5.74, 6) is -0.0368. The molecule has 1 aromatic carbocycles. The van der Waals surface area contributed by atoms with Gasteiger partial charge in [0.05, 0.1) is 28.6 Å². The van der Waals surface area contributed by atoms with Gasteiger partial charge in [-0.2, -0.15) is 4.68 Å². The SMILES string of the molecule is O=C1C=C(c2c(-n3cnnn3)ccc(Cl)c2F)C[C@@H]2CC[C@@H](c3ncc(-c4ccncc4)[nH]3)N12. The highest BCUT2D eigenvalue weighted by atomic mass is 35.5. The number of carbonyl (C=O) groups is 1. The molecule has 4 aromatic rings. The molecule has 3 aromatic heterocycles. The fourth-order valence-corrected chi connectivity index (χ4v) is 5.05. The summed E-state index contributed by atoms with van der Waals surface area (Å²) >= 11 is 6.10. The number of aromatic amines is 1. The van der Waals surface area contributed by atoms with Gasteiger partial charge in [-0.1, -0.05) is 11.6 Å². The van der Waals surface area contributed by atoms with Crippen LogP contribution in [0.5, 0.6) is 0 Å². The van der Waals surface area contributed by atoms with Crippen LogP contribution in [0.2, 0.25) is 5.02 Å². The molecule has 0 unspecified atom stereocenters. The largest absolute Gasteiger partial charge is 0.340 e. The quantitative estimate of drug-likeness (QED) is 0.480. The molecular formula is C23H18ClFN8O. The molecule has 1 N–H and O–H groups in total. The third kappa shape index (κ3) is 3.38. The first kappa shape index (κ1) is 20.7. The van der Waals surface area contributed by atoms with Gasteiger partial charge in [0, 0.05) is 35.6 Å². The first-order valence-electron chi connectivity index (χ1n) is 10.8. The van der Waals surface area contributed by atoms with Gasteiger partial charge in [-0.15, -0.1) is 5.10 Å². The molecule has 34 heavy (non-hydrogen) atoms. The molecule has 1 fully saturated rings. The van der Waals surface area contributed by atoms with Gasteiger partial charge >= 0.3 is 0 Å². The average molecular weight is 477 g/mol. The minimum atomic E-state index is -0.593. The van der Waals surface area contributed by atoms with Gasteiger partial charge < -0.3 is 9.88 Å². The van der Waals surface area contributed by atoms with Crippen LogP contribution in [0.4, 0.5) is 4.39 Å². The van der Waals surface area contributed by atoms with Crippen LogP contribution in [0.1, 0.15) is 36.7 Å². The van der Waals surface area contributed by atoms with Gasteiger partial charge in [0.1, 0.15) is 12.2 Å². The highest BCUT2D eigenvalue weighted by Crippen LogP contribution is 2.44. The van der Waals surface area contributed by atoms with E-state index in [1.165, 1.54) is 23.2 Å². The molecule has 2 atom stereocenters. The maximum absolute atomic E-state index is 15.2. The van der Waals surface area contributed by atoms with Gasteiger partial charge in [-0.05, 0) is 59.5 Å². The zero-order valence-corrected chi connectivity index (χ0v) is 18.5. The van der Waals surface area contributed by atoms with Crippen LogP contribution in [0.25, 0.3) is 22.5 Å². The van der Waals surface area contributed by atoms with Crippen molar-refractivity contribution in [3.05, 3.63) is 77.5 Å². The Kier molecular flexibility index (Phi) is 4.95. The number of pyridine rings is 1. The van der Waals surface area contributed by atoms with Crippen molar-refractivity contribution in [2.75, 3.05) is 0 Å². The number of hydrogen-bond acceptors (Lipinski definition) is 6. The molecule has 11 heteroatoms. The lowest BCUT2D eigenvalue weighted by molar-refractivity contribution is -0.129. The number of nitrogens with one attached hydrogen (secondary N) is 1. The number of aromatic nitrogens is 7. The van der Waals surface area contributed by atoms with Crippen LogP contribution in [-0.2, 0) is 4.79 Å². The van der Waals surface area contributed by atoms with Crippen LogP contribution in [0, 0.1) is 5.82 Å². The molecule has 0 saturated carbocycles. The van der Waals surface area contributed by atoms with Crippen molar-refractivity contribution in [3.8, 4) is 16.9 Å². The third-order valence-electron chi connectivity index (χ3n) is 6.40. The van der Waals surface area contributed by atoms with Crippen molar-refractivity contribution in [1.29, 1.82) is 0 Å². The standard InChI is InChI=1S/C23H18ClFN8O/c24-16-2-4-18(32-12-28-30-31-32)21(22(16)25)14-9-15-1-3-19(33(15)20(34)10-14)23-27-11-17(29-23)13-5-7-26-8-6-13/h2,4-8,10-12,15,19H,1,3,9H2,(H,27,29)/t15-,19-/m0/s1. The Morgan fingerprint density at radius 2 is 2.00 bits per heavy atom. The highest BCUT2D eigenvalue weighted by molar-refractivity contribution is 6.31.